The average molecular weight is 302 g/mol. The summed E-state index contributed by atoms with van der Waals surface area (Å²) in [5, 5.41) is 5.07. The molecule has 19 heavy (non-hydrogen) atoms. The van der Waals surface area contributed by atoms with Gasteiger partial charge in [-0.1, -0.05) is 13.8 Å². The lowest BCUT2D eigenvalue weighted by Crippen LogP contribution is -2.33. The predicted molar refractivity (Wildman–Crippen MR) is 78.9 cm³/mol. The van der Waals surface area contributed by atoms with E-state index < -0.39 is 10.0 Å². The predicted octanol–water partition coefficient (Wildman–Crippen LogP) is 2.28. The molecule has 0 saturated heterocycles. The number of thiophene rings is 1. The van der Waals surface area contributed by atoms with E-state index in [0.717, 1.165) is 11.4 Å². The second kappa shape index (κ2) is 6.35. The van der Waals surface area contributed by atoms with Crippen LogP contribution in [0.1, 0.15) is 31.6 Å². The lowest BCUT2D eigenvalue weighted by Gasteiger charge is -2.20. The molecule has 1 fully saturated rings. The van der Waals surface area contributed by atoms with Crippen molar-refractivity contribution >= 4 is 21.4 Å². The topological polar surface area (TPSA) is 49.4 Å². The first kappa shape index (κ1) is 15.0. The van der Waals surface area contributed by atoms with Gasteiger partial charge in [-0.2, -0.15) is 4.31 Å². The number of nitrogens with one attached hydrogen (secondary N) is 1. The maximum atomic E-state index is 12.7. The van der Waals surface area contributed by atoms with Gasteiger partial charge in [-0.05, 0) is 36.8 Å². The highest BCUT2D eigenvalue weighted by atomic mass is 32.2. The second-order valence-electron chi connectivity index (χ2n) is 4.89. The van der Waals surface area contributed by atoms with Gasteiger partial charge in [-0.3, -0.25) is 0 Å². The number of hydrogen-bond acceptors (Lipinski definition) is 4. The molecule has 0 radical (unpaired) electrons. The molecule has 4 nitrogen and oxygen atoms in total. The largest absolute Gasteiger partial charge is 0.312 e. The fraction of sp³-hybridized carbons (Fsp3) is 0.692. The van der Waals surface area contributed by atoms with Gasteiger partial charge in [0.2, 0.25) is 10.0 Å². The van der Waals surface area contributed by atoms with Gasteiger partial charge in [0.1, 0.15) is 0 Å². The monoisotopic (exact) mass is 302 g/mol. The van der Waals surface area contributed by atoms with Crippen LogP contribution in [-0.4, -0.2) is 32.4 Å². The highest BCUT2D eigenvalue weighted by Gasteiger charge is 2.32. The van der Waals surface area contributed by atoms with E-state index in [-0.39, 0.29) is 0 Å². The first-order chi connectivity index (χ1) is 9.09. The van der Waals surface area contributed by atoms with Crippen LogP contribution in [0.5, 0.6) is 0 Å². The minimum absolute atomic E-state index is 0.487. The van der Waals surface area contributed by atoms with Crippen molar-refractivity contribution in [2.75, 3.05) is 19.6 Å². The van der Waals surface area contributed by atoms with Crippen molar-refractivity contribution in [2.45, 2.75) is 38.1 Å². The Hall–Kier alpha value is -0.430. The van der Waals surface area contributed by atoms with Crippen LogP contribution in [0, 0.1) is 5.92 Å². The van der Waals surface area contributed by atoms with Gasteiger partial charge in [0.05, 0.1) is 4.90 Å². The SMILES string of the molecule is CCNCc1sccc1S(=O)(=O)N(CC)CC1CC1. The molecule has 108 valence electrons. The Balaban J connectivity index is 2.19. The Morgan fingerprint density at radius 1 is 1.42 bits per heavy atom. The summed E-state index contributed by atoms with van der Waals surface area (Å²) in [6.07, 6.45) is 2.33. The molecule has 0 amide bonds. The van der Waals surface area contributed by atoms with Crippen LogP contribution in [0.15, 0.2) is 16.3 Å². The summed E-state index contributed by atoms with van der Waals surface area (Å²) in [7, 11) is -3.32. The summed E-state index contributed by atoms with van der Waals surface area (Å²) in [6, 6.07) is 1.74. The Morgan fingerprint density at radius 3 is 2.74 bits per heavy atom. The Bertz CT molecular complexity index is 506. The van der Waals surface area contributed by atoms with Gasteiger partial charge in [0, 0.05) is 24.5 Å². The lowest BCUT2D eigenvalue weighted by molar-refractivity contribution is 0.411. The quantitative estimate of drug-likeness (QED) is 0.801. The van der Waals surface area contributed by atoms with Crippen LogP contribution < -0.4 is 5.32 Å². The van der Waals surface area contributed by atoms with Gasteiger partial charge < -0.3 is 5.32 Å². The molecule has 1 aromatic rings. The molecule has 2 rings (SSSR count). The van der Waals surface area contributed by atoms with E-state index in [2.05, 4.69) is 5.32 Å². The van der Waals surface area contributed by atoms with Gasteiger partial charge in [-0.15, -0.1) is 11.3 Å². The normalized spacial score (nSPS) is 16.2. The zero-order valence-corrected chi connectivity index (χ0v) is 13.2. The van der Waals surface area contributed by atoms with E-state index in [0.29, 0.717) is 30.4 Å². The molecule has 1 aromatic heterocycles. The van der Waals surface area contributed by atoms with Gasteiger partial charge in [0.15, 0.2) is 0 Å². The molecule has 1 aliphatic carbocycles. The number of hydrogen-bond donors (Lipinski definition) is 1. The molecule has 1 saturated carbocycles. The lowest BCUT2D eigenvalue weighted by atomic mass is 10.4. The van der Waals surface area contributed by atoms with Crippen LogP contribution in [0.2, 0.25) is 0 Å². The van der Waals surface area contributed by atoms with Gasteiger partial charge >= 0.3 is 0 Å². The molecule has 1 aliphatic rings. The first-order valence-electron chi connectivity index (χ1n) is 6.86. The molecule has 6 heteroatoms. The fourth-order valence-electron chi connectivity index (χ4n) is 2.05. The summed E-state index contributed by atoms with van der Waals surface area (Å²) in [5.74, 6) is 0.575. The van der Waals surface area contributed by atoms with Gasteiger partial charge in [0.25, 0.3) is 0 Å². The van der Waals surface area contributed by atoms with Crippen LogP contribution in [0.4, 0.5) is 0 Å². The highest BCUT2D eigenvalue weighted by Crippen LogP contribution is 2.32. The van der Waals surface area contributed by atoms with Crippen molar-refractivity contribution < 1.29 is 8.42 Å². The van der Waals surface area contributed by atoms with Crippen molar-refractivity contribution in [3.05, 3.63) is 16.3 Å². The summed E-state index contributed by atoms with van der Waals surface area (Å²) < 4.78 is 27.0. The molecule has 0 unspecified atom stereocenters. The van der Waals surface area contributed by atoms with Crippen molar-refractivity contribution in [3.63, 3.8) is 0 Å². The van der Waals surface area contributed by atoms with Crippen LogP contribution in [-0.2, 0) is 16.6 Å². The van der Waals surface area contributed by atoms with Crippen molar-refractivity contribution in [1.82, 2.24) is 9.62 Å². The molecule has 0 atom stereocenters. The maximum absolute atomic E-state index is 12.7. The molecule has 0 spiro atoms. The Morgan fingerprint density at radius 2 is 2.16 bits per heavy atom. The van der Waals surface area contributed by atoms with E-state index in [9.17, 15) is 8.42 Å². The minimum Gasteiger partial charge on any atom is -0.312 e. The van der Waals surface area contributed by atoms with Crippen LogP contribution in [0.3, 0.4) is 0 Å². The number of nitrogens with zero attached hydrogens (tertiary/aromatic N) is 1. The van der Waals surface area contributed by atoms with Crippen molar-refractivity contribution in [2.24, 2.45) is 5.92 Å². The Labute approximate surface area is 119 Å². The van der Waals surface area contributed by atoms with Crippen molar-refractivity contribution in [1.29, 1.82) is 0 Å². The summed E-state index contributed by atoms with van der Waals surface area (Å²) in [5.41, 5.74) is 0. The molecule has 1 N–H and O–H groups in total. The van der Waals surface area contributed by atoms with E-state index in [1.807, 2.05) is 19.2 Å². The third kappa shape index (κ3) is 3.56. The minimum atomic E-state index is -3.32. The van der Waals surface area contributed by atoms with Gasteiger partial charge in [-0.25, -0.2) is 8.42 Å². The zero-order valence-electron chi connectivity index (χ0n) is 11.6. The van der Waals surface area contributed by atoms with Crippen LogP contribution >= 0.6 is 11.3 Å². The van der Waals surface area contributed by atoms with E-state index in [4.69, 9.17) is 0 Å². The molecule has 0 aromatic carbocycles. The molecular formula is C13H22N2O2S2. The van der Waals surface area contributed by atoms with E-state index in [1.165, 1.54) is 24.2 Å². The Kier molecular flexibility index (Phi) is 5.00. The van der Waals surface area contributed by atoms with Crippen molar-refractivity contribution in [3.8, 4) is 0 Å². The molecule has 1 heterocycles. The zero-order chi connectivity index (χ0) is 13.9. The smallest absolute Gasteiger partial charge is 0.244 e. The van der Waals surface area contributed by atoms with E-state index in [1.54, 1.807) is 10.4 Å². The fourth-order valence-corrected chi connectivity index (χ4v) is 4.96. The highest BCUT2D eigenvalue weighted by molar-refractivity contribution is 7.89. The second-order valence-corrected chi connectivity index (χ2v) is 7.79. The number of rotatable bonds is 8. The first-order valence-corrected chi connectivity index (χ1v) is 9.18. The molecule has 0 bridgehead atoms. The average Bonchev–Trinajstić information content (AvgIpc) is 3.08. The third-order valence-electron chi connectivity index (χ3n) is 3.37. The standard InChI is InChI=1S/C13H22N2O2S2/c1-3-14-9-12-13(7-8-18-12)19(16,17)15(4-2)10-11-5-6-11/h7-8,11,14H,3-6,9-10H2,1-2H3. The number of sulfonamides is 1. The summed E-state index contributed by atoms with van der Waals surface area (Å²) >= 11 is 1.51. The summed E-state index contributed by atoms with van der Waals surface area (Å²) in [4.78, 5) is 1.40. The summed E-state index contributed by atoms with van der Waals surface area (Å²) in [6.45, 7) is 6.63. The molecule has 0 aliphatic heterocycles. The van der Waals surface area contributed by atoms with Crippen LogP contribution in [0.25, 0.3) is 0 Å². The maximum Gasteiger partial charge on any atom is 0.244 e. The van der Waals surface area contributed by atoms with E-state index >= 15 is 0 Å². The third-order valence-corrected chi connectivity index (χ3v) is 6.44. The molecular weight excluding hydrogens is 280 g/mol.